The maximum absolute atomic E-state index is 13.4. The molecule has 4 aromatic rings. The van der Waals surface area contributed by atoms with Crippen molar-refractivity contribution >= 4 is 28.4 Å². The van der Waals surface area contributed by atoms with E-state index in [2.05, 4.69) is 30.7 Å². The number of alkyl halides is 4. The van der Waals surface area contributed by atoms with E-state index in [4.69, 9.17) is 0 Å². The summed E-state index contributed by atoms with van der Waals surface area (Å²) in [5.41, 5.74) is 3.02. The Hall–Kier alpha value is -3.70. The maximum Gasteiger partial charge on any atom is 0.255 e. The summed E-state index contributed by atoms with van der Waals surface area (Å²) in [6, 6.07) is 2.99. The molecule has 0 atom stereocenters. The molecule has 188 valence electrons. The van der Waals surface area contributed by atoms with E-state index in [9.17, 15) is 22.4 Å². The zero-order chi connectivity index (χ0) is 25.1. The minimum Gasteiger partial charge on any atom is -0.351 e. The molecule has 6 rings (SSSR count). The smallest absolute Gasteiger partial charge is 0.255 e. The first-order chi connectivity index (χ1) is 17.2. The van der Waals surface area contributed by atoms with Gasteiger partial charge in [0, 0.05) is 67.3 Å². The van der Waals surface area contributed by atoms with Crippen molar-refractivity contribution in [3.8, 4) is 11.1 Å². The second-order valence-electron chi connectivity index (χ2n) is 9.67. The molecule has 4 aromatic heterocycles. The molecule has 0 spiro atoms. The predicted octanol–water partition coefficient (Wildman–Crippen LogP) is 4.79. The quantitative estimate of drug-likeness (QED) is 0.342. The van der Waals surface area contributed by atoms with Crippen LogP contribution in [0.3, 0.4) is 0 Å². The molecule has 2 aliphatic rings. The normalized spacial score (nSPS) is 19.9. The SMILES string of the molecule is O=C(NC1CC(F)(F)C1)c1cnn2ccc(-c3c[nH]c4nc(NC5CCC(F)(F)CC5)ncc34)cc12. The number of H-pyrrole nitrogens is 1. The zero-order valence-corrected chi connectivity index (χ0v) is 19.1. The van der Waals surface area contributed by atoms with E-state index in [1.807, 2.05) is 6.07 Å². The Morgan fingerprint density at radius 2 is 1.86 bits per heavy atom. The van der Waals surface area contributed by atoms with Crippen LogP contribution in [0.15, 0.2) is 36.9 Å². The van der Waals surface area contributed by atoms with Gasteiger partial charge in [0.05, 0.1) is 17.3 Å². The van der Waals surface area contributed by atoms with E-state index >= 15 is 0 Å². The van der Waals surface area contributed by atoms with Crippen LogP contribution >= 0.6 is 0 Å². The molecular formula is C24H23F4N7O. The fourth-order valence-electron chi connectivity index (χ4n) is 4.93. The second-order valence-corrected chi connectivity index (χ2v) is 9.67. The van der Waals surface area contributed by atoms with Crippen molar-refractivity contribution < 1.29 is 22.4 Å². The van der Waals surface area contributed by atoms with Crippen LogP contribution in [0.5, 0.6) is 0 Å². The molecule has 8 nitrogen and oxygen atoms in total. The molecule has 0 aliphatic heterocycles. The van der Waals surface area contributed by atoms with E-state index < -0.39 is 23.8 Å². The number of anilines is 1. The first-order valence-electron chi connectivity index (χ1n) is 11.8. The fraction of sp³-hybridized carbons (Fsp3) is 0.417. The van der Waals surface area contributed by atoms with Crippen molar-refractivity contribution in [1.29, 1.82) is 0 Å². The van der Waals surface area contributed by atoms with Crippen molar-refractivity contribution in [2.24, 2.45) is 0 Å². The number of nitrogens with one attached hydrogen (secondary N) is 3. The summed E-state index contributed by atoms with van der Waals surface area (Å²) in [6.45, 7) is 0. The highest BCUT2D eigenvalue weighted by molar-refractivity contribution is 6.02. The van der Waals surface area contributed by atoms with Gasteiger partial charge in [-0.2, -0.15) is 10.1 Å². The van der Waals surface area contributed by atoms with Gasteiger partial charge in [0.25, 0.3) is 11.8 Å². The minimum atomic E-state index is -2.72. The molecule has 2 fully saturated rings. The van der Waals surface area contributed by atoms with Crippen LogP contribution in [0.4, 0.5) is 23.5 Å². The highest BCUT2D eigenvalue weighted by atomic mass is 19.3. The van der Waals surface area contributed by atoms with E-state index in [1.165, 1.54) is 6.20 Å². The average molecular weight is 501 g/mol. The number of carbonyl (C=O) groups is 1. The highest BCUT2D eigenvalue weighted by Gasteiger charge is 2.46. The van der Waals surface area contributed by atoms with Crippen LogP contribution in [0.1, 0.15) is 48.9 Å². The number of fused-ring (bicyclic) bond motifs is 2. The van der Waals surface area contributed by atoms with Crippen molar-refractivity contribution in [1.82, 2.24) is 29.9 Å². The molecule has 2 aliphatic carbocycles. The number of amides is 1. The molecule has 0 aromatic carbocycles. The Balaban J connectivity index is 1.23. The summed E-state index contributed by atoms with van der Waals surface area (Å²) in [6.07, 6.45) is 6.28. The third-order valence-corrected chi connectivity index (χ3v) is 6.98. The minimum absolute atomic E-state index is 0.100. The molecule has 2 saturated carbocycles. The van der Waals surface area contributed by atoms with E-state index in [1.54, 1.807) is 29.2 Å². The summed E-state index contributed by atoms with van der Waals surface area (Å²) < 4.78 is 54.6. The highest BCUT2D eigenvalue weighted by Crippen LogP contribution is 2.38. The maximum atomic E-state index is 13.4. The van der Waals surface area contributed by atoms with E-state index in [0.717, 1.165) is 16.5 Å². The number of aromatic amines is 1. The zero-order valence-electron chi connectivity index (χ0n) is 19.1. The topological polar surface area (TPSA) is 100 Å². The lowest BCUT2D eigenvalue weighted by atomic mass is 9.88. The number of aromatic nitrogens is 5. The van der Waals surface area contributed by atoms with Gasteiger partial charge in [-0.3, -0.25) is 4.79 Å². The Kier molecular flexibility index (Phi) is 5.16. The van der Waals surface area contributed by atoms with Gasteiger partial charge in [0.2, 0.25) is 11.9 Å². The van der Waals surface area contributed by atoms with Gasteiger partial charge in [-0.1, -0.05) is 0 Å². The molecular weight excluding hydrogens is 478 g/mol. The number of hydrogen-bond acceptors (Lipinski definition) is 5. The molecule has 0 unspecified atom stereocenters. The molecule has 12 heteroatoms. The molecule has 36 heavy (non-hydrogen) atoms. The molecule has 0 saturated heterocycles. The lowest BCUT2D eigenvalue weighted by Crippen LogP contribution is -2.50. The Bertz CT molecular complexity index is 1450. The summed E-state index contributed by atoms with van der Waals surface area (Å²) in [4.78, 5) is 24.7. The average Bonchev–Trinajstić information content (AvgIpc) is 3.42. The van der Waals surface area contributed by atoms with Gasteiger partial charge in [0.15, 0.2) is 0 Å². The van der Waals surface area contributed by atoms with Gasteiger partial charge >= 0.3 is 0 Å². The first-order valence-corrected chi connectivity index (χ1v) is 11.8. The molecule has 1 amide bonds. The molecule has 0 bridgehead atoms. The summed E-state index contributed by atoms with van der Waals surface area (Å²) in [7, 11) is 0. The Morgan fingerprint density at radius 1 is 1.08 bits per heavy atom. The van der Waals surface area contributed by atoms with Gasteiger partial charge < -0.3 is 15.6 Å². The van der Waals surface area contributed by atoms with Crippen molar-refractivity contribution in [2.75, 3.05) is 5.32 Å². The van der Waals surface area contributed by atoms with Gasteiger partial charge in [-0.15, -0.1) is 0 Å². The largest absolute Gasteiger partial charge is 0.351 e. The summed E-state index contributed by atoms with van der Waals surface area (Å²) in [5, 5.41) is 10.8. The van der Waals surface area contributed by atoms with Gasteiger partial charge in [-0.05, 0) is 30.5 Å². The van der Waals surface area contributed by atoms with Crippen molar-refractivity contribution in [2.45, 2.75) is 62.5 Å². The van der Waals surface area contributed by atoms with E-state index in [0.29, 0.717) is 35.5 Å². The number of rotatable bonds is 5. The monoisotopic (exact) mass is 501 g/mol. The van der Waals surface area contributed by atoms with Gasteiger partial charge in [-0.25, -0.2) is 27.1 Å². The standard InChI is InChI=1S/C24H23F4N7O/c25-23(26)4-1-14(2-5-23)33-22-30-11-17-16(10-29-20(17)34-22)13-3-6-35-19(7-13)18(12-31-35)21(36)32-15-8-24(27,28)9-15/h3,6-7,10-12,14-15H,1-2,4-5,8-9H2,(H,32,36)(H2,29,30,33,34). The summed E-state index contributed by atoms with van der Waals surface area (Å²) in [5.74, 6) is -5.39. The first kappa shape index (κ1) is 22.7. The predicted molar refractivity (Wildman–Crippen MR) is 124 cm³/mol. The van der Waals surface area contributed by atoms with Crippen LogP contribution in [0, 0.1) is 0 Å². The Morgan fingerprint density at radius 3 is 2.61 bits per heavy atom. The van der Waals surface area contributed by atoms with Crippen LogP contribution in [-0.2, 0) is 0 Å². The van der Waals surface area contributed by atoms with Crippen molar-refractivity contribution in [3.05, 3.63) is 42.5 Å². The molecule has 3 N–H and O–H groups in total. The fourth-order valence-corrected chi connectivity index (χ4v) is 4.93. The van der Waals surface area contributed by atoms with Gasteiger partial charge in [0.1, 0.15) is 5.65 Å². The Labute approximate surface area is 202 Å². The number of carbonyl (C=O) groups excluding carboxylic acids is 1. The van der Waals surface area contributed by atoms with Crippen molar-refractivity contribution in [3.63, 3.8) is 0 Å². The number of hydrogen-bond donors (Lipinski definition) is 3. The second kappa shape index (κ2) is 8.17. The molecule has 0 radical (unpaired) electrons. The summed E-state index contributed by atoms with van der Waals surface area (Å²) >= 11 is 0. The van der Waals surface area contributed by atoms with Crippen LogP contribution < -0.4 is 10.6 Å². The number of halogens is 4. The molecule has 4 heterocycles. The lowest BCUT2D eigenvalue weighted by molar-refractivity contribution is -0.0901. The third-order valence-electron chi connectivity index (χ3n) is 6.98. The lowest BCUT2D eigenvalue weighted by Gasteiger charge is -2.35. The van der Waals surface area contributed by atoms with Crippen LogP contribution in [0.2, 0.25) is 0 Å². The van der Waals surface area contributed by atoms with Crippen LogP contribution in [0.25, 0.3) is 27.7 Å². The van der Waals surface area contributed by atoms with E-state index in [-0.39, 0.29) is 31.7 Å². The third kappa shape index (κ3) is 4.24. The number of pyridine rings is 1. The number of nitrogens with zero attached hydrogens (tertiary/aromatic N) is 4. The van der Waals surface area contributed by atoms with Crippen LogP contribution in [-0.4, -0.2) is 54.4 Å².